The lowest BCUT2D eigenvalue weighted by Gasteiger charge is -2.07. The Kier molecular flexibility index (Phi) is 2.60. The molecule has 0 radical (unpaired) electrons. The normalized spacial score (nSPS) is 10.2. The fourth-order valence-corrected chi connectivity index (χ4v) is 1.76. The highest BCUT2D eigenvalue weighted by Gasteiger charge is 2.05. The van der Waals surface area contributed by atoms with Crippen LogP contribution in [0.4, 0.5) is 11.4 Å². The van der Waals surface area contributed by atoms with Crippen molar-refractivity contribution in [2.45, 2.75) is 0 Å². The van der Waals surface area contributed by atoms with Crippen LogP contribution in [-0.2, 0) is 0 Å². The Hall–Kier alpha value is -1.55. The largest absolute Gasteiger partial charge is 0.397 e. The lowest BCUT2D eigenvalue weighted by Crippen LogP contribution is -1.96. The first-order chi connectivity index (χ1) is 7.18. The highest BCUT2D eigenvalue weighted by molar-refractivity contribution is 9.10. The zero-order chi connectivity index (χ0) is 10.8. The summed E-state index contributed by atoms with van der Waals surface area (Å²) in [5.74, 6) is 0. The molecule has 0 atom stereocenters. The number of anilines is 2. The molecular weight excluding hydrogens is 254 g/mol. The highest BCUT2D eigenvalue weighted by Crippen LogP contribution is 2.30. The number of para-hydroxylation sites is 1. The predicted octanol–water partition coefficient (Wildman–Crippen LogP) is 2.68. The van der Waals surface area contributed by atoms with E-state index >= 15 is 0 Å². The van der Waals surface area contributed by atoms with Crippen LogP contribution in [0.1, 0.15) is 0 Å². The van der Waals surface area contributed by atoms with Crippen LogP contribution in [0.2, 0.25) is 0 Å². The molecule has 15 heavy (non-hydrogen) atoms. The van der Waals surface area contributed by atoms with E-state index < -0.39 is 0 Å². The van der Waals surface area contributed by atoms with E-state index in [2.05, 4.69) is 20.9 Å². The number of hydrogen-bond acceptors (Lipinski definition) is 3. The van der Waals surface area contributed by atoms with Gasteiger partial charge in [0.2, 0.25) is 0 Å². The summed E-state index contributed by atoms with van der Waals surface area (Å²) in [7, 11) is 0. The molecule has 0 aliphatic heterocycles. The molecule has 0 spiro atoms. The molecule has 1 aromatic carbocycles. The maximum Gasteiger partial charge on any atom is 0.0627 e. The third-order valence-corrected chi connectivity index (χ3v) is 2.59. The molecule has 2 rings (SSSR count). The van der Waals surface area contributed by atoms with Crippen molar-refractivity contribution in [1.82, 2.24) is 4.98 Å². The summed E-state index contributed by atoms with van der Waals surface area (Å²) in [6, 6.07) is 7.54. The van der Waals surface area contributed by atoms with Gasteiger partial charge < -0.3 is 11.5 Å². The van der Waals surface area contributed by atoms with Gasteiger partial charge in [0.25, 0.3) is 0 Å². The quantitative estimate of drug-likeness (QED) is 0.778. The predicted molar refractivity (Wildman–Crippen MR) is 66.2 cm³/mol. The first kappa shape index (κ1) is 9.98. The zero-order valence-electron chi connectivity index (χ0n) is 7.94. The van der Waals surface area contributed by atoms with Crippen molar-refractivity contribution in [1.29, 1.82) is 0 Å². The van der Waals surface area contributed by atoms with Crippen LogP contribution < -0.4 is 11.5 Å². The van der Waals surface area contributed by atoms with Crippen molar-refractivity contribution in [3.63, 3.8) is 0 Å². The number of nitrogens with zero attached hydrogens (tertiary/aromatic N) is 1. The summed E-state index contributed by atoms with van der Waals surface area (Å²) in [5, 5.41) is 0. The molecule has 0 fully saturated rings. The number of hydrogen-bond donors (Lipinski definition) is 2. The van der Waals surface area contributed by atoms with E-state index in [0.29, 0.717) is 11.4 Å². The molecular formula is C11H10BrN3. The Morgan fingerprint density at radius 1 is 1.13 bits per heavy atom. The number of nitrogen functional groups attached to an aromatic ring is 2. The molecule has 0 saturated heterocycles. The smallest absolute Gasteiger partial charge is 0.0627 e. The van der Waals surface area contributed by atoms with Gasteiger partial charge in [0, 0.05) is 28.0 Å². The van der Waals surface area contributed by atoms with Crippen molar-refractivity contribution in [2.75, 3.05) is 11.5 Å². The molecule has 2 aromatic rings. The van der Waals surface area contributed by atoms with Crippen molar-refractivity contribution >= 4 is 27.3 Å². The summed E-state index contributed by atoms with van der Waals surface area (Å²) < 4.78 is 0.918. The van der Waals surface area contributed by atoms with E-state index in [1.54, 1.807) is 18.5 Å². The van der Waals surface area contributed by atoms with Gasteiger partial charge >= 0.3 is 0 Å². The zero-order valence-corrected chi connectivity index (χ0v) is 9.53. The fraction of sp³-hybridized carbons (Fsp3) is 0. The molecule has 0 unspecified atom stereocenters. The first-order valence-corrected chi connectivity index (χ1v) is 5.22. The van der Waals surface area contributed by atoms with Gasteiger partial charge in [0.1, 0.15) is 0 Å². The number of pyridine rings is 1. The van der Waals surface area contributed by atoms with Crippen molar-refractivity contribution in [3.05, 3.63) is 41.1 Å². The average molecular weight is 264 g/mol. The summed E-state index contributed by atoms with van der Waals surface area (Å²) in [6.07, 6.45) is 3.49. The molecule has 4 N–H and O–H groups in total. The van der Waals surface area contributed by atoms with E-state index in [1.165, 1.54) is 0 Å². The number of nitrogens with two attached hydrogens (primary N) is 2. The SMILES string of the molecule is Nc1cccc(-c2cncc(Br)c2)c1N. The lowest BCUT2D eigenvalue weighted by molar-refractivity contribution is 1.31. The number of rotatable bonds is 1. The summed E-state index contributed by atoms with van der Waals surface area (Å²) in [6.45, 7) is 0. The Morgan fingerprint density at radius 2 is 1.93 bits per heavy atom. The highest BCUT2D eigenvalue weighted by atomic mass is 79.9. The van der Waals surface area contributed by atoms with Crippen molar-refractivity contribution in [2.24, 2.45) is 0 Å². The van der Waals surface area contributed by atoms with Gasteiger partial charge in [-0.05, 0) is 28.1 Å². The van der Waals surface area contributed by atoms with Gasteiger partial charge in [-0.2, -0.15) is 0 Å². The van der Waals surface area contributed by atoms with Crippen LogP contribution >= 0.6 is 15.9 Å². The van der Waals surface area contributed by atoms with Crippen LogP contribution in [0.25, 0.3) is 11.1 Å². The van der Waals surface area contributed by atoms with Crippen molar-refractivity contribution < 1.29 is 0 Å². The van der Waals surface area contributed by atoms with Crippen LogP contribution in [0.15, 0.2) is 41.1 Å². The van der Waals surface area contributed by atoms with Crippen LogP contribution in [0.3, 0.4) is 0 Å². The Labute approximate surface area is 96.3 Å². The average Bonchev–Trinajstić information content (AvgIpc) is 2.22. The van der Waals surface area contributed by atoms with E-state index in [4.69, 9.17) is 11.5 Å². The number of halogens is 1. The third kappa shape index (κ3) is 1.94. The van der Waals surface area contributed by atoms with E-state index in [-0.39, 0.29) is 0 Å². The third-order valence-electron chi connectivity index (χ3n) is 2.16. The first-order valence-electron chi connectivity index (χ1n) is 4.43. The molecule has 3 nitrogen and oxygen atoms in total. The van der Waals surface area contributed by atoms with Crippen LogP contribution in [-0.4, -0.2) is 4.98 Å². The Morgan fingerprint density at radius 3 is 2.67 bits per heavy atom. The molecule has 1 aromatic heterocycles. The Balaban J connectivity index is 2.59. The standard InChI is InChI=1S/C11H10BrN3/c12-8-4-7(5-15-6-8)9-2-1-3-10(13)11(9)14/h1-6H,13-14H2. The number of aromatic nitrogens is 1. The molecule has 0 aliphatic rings. The van der Waals surface area contributed by atoms with Crippen LogP contribution in [0, 0.1) is 0 Å². The minimum atomic E-state index is 0.590. The van der Waals surface area contributed by atoms with Gasteiger partial charge in [0.15, 0.2) is 0 Å². The summed E-state index contributed by atoms with van der Waals surface area (Å²) in [5.41, 5.74) is 14.7. The minimum Gasteiger partial charge on any atom is -0.397 e. The molecule has 0 amide bonds. The van der Waals surface area contributed by atoms with E-state index in [9.17, 15) is 0 Å². The van der Waals surface area contributed by atoms with Crippen LogP contribution in [0.5, 0.6) is 0 Å². The summed E-state index contributed by atoms with van der Waals surface area (Å²) >= 11 is 3.37. The topological polar surface area (TPSA) is 64.9 Å². The second kappa shape index (κ2) is 3.90. The lowest BCUT2D eigenvalue weighted by atomic mass is 10.1. The maximum atomic E-state index is 5.90. The van der Waals surface area contributed by atoms with Gasteiger partial charge in [0.05, 0.1) is 11.4 Å². The molecule has 76 valence electrons. The molecule has 0 bridgehead atoms. The second-order valence-corrected chi connectivity index (χ2v) is 4.12. The maximum absolute atomic E-state index is 5.90. The summed E-state index contributed by atoms with van der Waals surface area (Å²) in [4.78, 5) is 4.09. The van der Waals surface area contributed by atoms with Crippen molar-refractivity contribution in [3.8, 4) is 11.1 Å². The van der Waals surface area contributed by atoms with Gasteiger partial charge in [-0.25, -0.2) is 0 Å². The van der Waals surface area contributed by atoms with E-state index in [1.807, 2.05) is 18.2 Å². The minimum absolute atomic E-state index is 0.590. The van der Waals surface area contributed by atoms with E-state index in [0.717, 1.165) is 15.6 Å². The molecule has 0 saturated carbocycles. The Bertz CT molecular complexity index is 497. The molecule has 4 heteroatoms. The fourth-order valence-electron chi connectivity index (χ4n) is 1.39. The molecule has 0 aliphatic carbocycles. The molecule has 1 heterocycles. The number of benzene rings is 1. The second-order valence-electron chi connectivity index (χ2n) is 3.20. The van der Waals surface area contributed by atoms with Gasteiger partial charge in [-0.3, -0.25) is 4.98 Å². The van der Waals surface area contributed by atoms with Gasteiger partial charge in [-0.1, -0.05) is 12.1 Å². The monoisotopic (exact) mass is 263 g/mol. The van der Waals surface area contributed by atoms with Gasteiger partial charge in [-0.15, -0.1) is 0 Å².